The number of nitrogens with zero attached hydrogens (tertiary/aromatic N) is 4. The first-order valence-corrected chi connectivity index (χ1v) is 14.2. The lowest BCUT2D eigenvalue weighted by Crippen LogP contribution is -2.28. The minimum absolute atomic E-state index is 0.149. The van der Waals surface area contributed by atoms with Gasteiger partial charge >= 0.3 is 0 Å². The first-order valence-electron chi connectivity index (χ1n) is 13.9. The molecule has 1 aliphatic carbocycles. The molecule has 0 bridgehead atoms. The molecule has 4 aromatic heterocycles. The van der Waals surface area contributed by atoms with Crippen LogP contribution in [-0.4, -0.2) is 47.2 Å². The van der Waals surface area contributed by atoms with E-state index in [1.807, 2.05) is 67.8 Å². The van der Waals surface area contributed by atoms with Crippen molar-refractivity contribution in [3.63, 3.8) is 0 Å². The van der Waals surface area contributed by atoms with E-state index in [0.717, 1.165) is 70.5 Å². The molecule has 0 spiro atoms. The van der Waals surface area contributed by atoms with Crippen molar-refractivity contribution >= 4 is 39.5 Å². The van der Waals surface area contributed by atoms with Crippen molar-refractivity contribution < 1.29 is 5.11 Å². The van der Waals surface area contributed by atoms with Crippen molar-refractivity contribution in [2.24, 2.45) is 0 Å². The second-order valence-corrected chi connectivity index (χ2v) is 11.0. The van der Waals surface area contributed by atoms with Crippen LogP contribution in [0.25, 0.3) is 44.8 Å². The maximum Gasteiger partial charge on any atom is 0.163 e. The number of aliphatic hydroxyl groups excluding tert-OH is 1. The molecule has 0 aliphatic heterocycles. The number of aryl methyl sites for hydroxylation is 2. The van der Waals surface area contributed by atoms with Gasteiger partial charge in [-0.15, -0.1) is 0 Å². The maximum atomic E-state index is 9.69. The number of nitrogens with one attached hydrogen (secondary N) is 3. The van der Waals surface area contributed by atoms with Crippen molar-refractivity contribution in [2.75, 3.05) is 5.32 Å². The van der Waals surface area contributed by atoms with Gasteiger partial charge in [0.05, 0.1) is 16.9 Å². The fourth-order valence-electron chi connectivity index (χ4n) is 5.19. The minimum Gasteiger partial charge on any atom is -0.393 e. The van der Waals surface area contributed by atoms with E-state index in [2.05, 4.69) is 49.3 Å². The Labute approximate surface area is 243 Å². The van der Waals surface area contributed by atoms with Gasteiger partial charge in [-0.05, 0) is 63.8 Å². The Hall–Kier alpha value is -4.27. The largest absolute Gasteiger partial charge is 0.393 e. The first kappa shape index (κ1) is 26.9. The molecule has 41 heavy (non-hydrogen) atoms. The fraction of sp³-hybridized carbons (Fsp3) is 0.250. The lowest BCUT2D eigenvalue weighted by molar-refractivity contribution is 0.126. The van der Waals surface area contributed by atoms with E-state index in [1.165, 1.54) is 11.1 Å². The summed E-state index contributed by atoms with van der Waals surface area (Å²) in [5.74, 6) is 2.25. The van der Waals surface area contributed by atoms with Gasteiger partial charge in [-0.3, -0.25) is 0 Å². The summed E-state index contributed by atoms with van der Waals surface area (Å²) in [7, 11) is 0. The van der Waals surface area contributed by atoms with Crippen molar-refractivity contribution in [3.8, 4) is 22.8 Å². The highest BCUT2D eigenvalue weighted by Gasteiger charge is 2.21. The molecule has 2 aromatic carbocycles. The molecule has 0 unspecified atom stereocenters. The van der Waals surface area contributed by atoms with Gasteiger partial charge < -0.3 is 20.4 Å². The van der Waals surface area contributed by atoms with Crippen LogP contribution in [0.2, 0.25) is 5.15 Å². The SMILES string of the molecule is Cc1cccc(-c2nc(Cl)c3cc[nH]c3n2)c1.Cc1cccc(-c2nc(NC3CCC(O)CC3)c3cc[nH]c3n2)c1. The Balaban J connectivity index is 0.000000156. The number of anilines is 1. The van der Waals surface area contributed by atoms with Crippen molar-refractivity contribution in [2.45, 2.75) is 51.7 Å². The van der Waals surface area contributed by atoms with Crippen molar-refractivity contribution in [1.82, 2.24) is 29.9 Å². The second kappa shape index (κ2) is 11.7. The van der Waals surface area contributed by atoms with Crippen LogP contribution in [0.3, 0.4) is 0 Å². The summed E-state index contributed by atoms with van der Waals surface area (Å²) in [5, 5.41) is 15.6. The number of halogens is 1. The van der Waals surface area contributed by atoms with Gasteiger partial charge in [-0.2, -0.15) is 0 Å². The molecule has 8 nitrogen and oxygen atoms in total. The van der Waals surface area contributed by atoms with E-state index < -0.39 is 0 Å². The van der Waals surface area contributed by atoms with Gasteiger partial charge in [0.1, 0.15) is 22.3 Å². The standard InChI is InChI=1S/C19H22N4O.C13H10ClN3/c1-12-3-2-4-13(11-12)17-22-18-16(9-10-20-18)19(23-17)21-14-5-7-15(24)8-6-14;1-8-3-2-4-9(7-8)12-16-11(14)10-5-6-15-13(10)17-12/h2-4,9-11,14-15,24H,5-8H2,1H3,(H2,20,21,22,23);2-7H,1H3,(H,15,16,17). The summed E-state index contributed by atoms with van der Waals surface area (Å²) >= 11 is 6.12. The number of hydrogen-bond acceptors (Lipinski definition) is 6. The summed E-state index contributed by atoms with van der Waals surface area (Å²) < 4.78 is 0. The zero-order valence-corrected chi connectivity index (χ0v) is 23.8. The van der Waals surface area contributed by atoms with Gasteiger partial charge in [0.25, 0.3) is 0 Å². The summed E-state index contributed by atoms with van der Waals surface area (Å²) in [6.45, 7) is 4.11. The van der Waals surface area contributed by atoms with Crippen LogP contribution in [0.15, 0.2) is 73.1 Å². The van der Waals surface area contributed by atoms with E-state index in [9.17, 15) is 5.11 Å². The Kier molecular flexibility index (Phi) is 7.67. The van der Waals surface area contributed by atoms with E-state index >= 15 is 0 Å². The minimum atomic E-state index is -0.149. The Morgan fingerprint density at radius 1 is 0.732 bits per heavy atom. The van der Waals surface area contributed by atoms with Crippen LogP contribution >= 0.6 is 11.6 Å². The molecule has 1 saturated carbocycles. The Morgan fingerprint density at radius 3 is 1.90 bits per heavy atom. The average molecular weight is 566 g/mol. The number of aliphatic hydroxyl groups is 1. The van der Waals surface area contributed by atoms with Gasteiger partial charge in [-0.25, -0.2) is 19.9 Å². The summed E-state index contributed by atoms with van der Waals surface area (Å²) in [4.78, 5) is 24.5. The zero-order valence-electron chi connectivity index (χ0n) is 23.0. The van der Waals surface area contributed by atoms with E-state index in [4.69, 9.17) is 16.6 Å². The van der Waals surface area contributed by atoms with Crippen molar-refractivity contribution in [3.05, 3.63) is 89.3 Å². The number of rotatable bonds is 4. The molecule has 0 amide bonds. The van der Waals surface area contributed by atoms with Crippen LogP contribution in [0, 0.1) is 13.8 Å². The zero-order chi connectivity index (χ0) is 28.3. The van der Waals surface area contributed by atoms with Gasteiger partial charge in [-0.1, -0.05) is 59.1 Å². The van der Waals surface area contributed by atoms with E-state index in [1.54, 1.807) is 0 Å². The number of aromatic nitrogens is 6. The predicted molar refractivity (Wildman–Crippen MR) is 165 cm³/mol. The molecule has 4 heterocycles. The molecule has 208 valence electrons. The van der Waals surface area contributed by atoms with E-state index in [-0.39, 0.29) is 6.10 Å². The average Bonchev–Trinajstić information content (AvgIpc) is 3.65. The highest BCUT2D eigenvalue weighted by Crippen LogP contribution is 2.28. The van der Waals surface area contributed by atoms with Gasteiger partial charge in [0, 0.05) is 29.6 Å². The van der Waals surface area contributed by atoms with Crippen molar-refractivity contribution in [1.29, 1.82) is 0 Å². The summed E-state index contributed by atoms with van der Waals surface area (Å²) in [6.07, 6.45) is 7.20. The first-order chi connectivity index (χ1) is 19.9. The predicted octanol–water partition coefficient (Wildman–Crippen LogP) is 7.24. The smallest absolute Gasteiger partial charge is 0.163 e. The number of benzene rings is 2. The number of H-pyrrole nitrogens is 2. The topological polar surface area (TPSA) is 115 Å². The third kappa shape index (κ3) is 6.09. The highest BCUT2D eigenvalue weighted by molar-refractivity contribution is 6.34. The lowest BCUT2D eigenvalue weighted by Gasteiger charge is -2.26. The number of fused-ring (bicyclic) bond motifs is 2. The molecule has 1 aliphatic rings. The third-order valence-electron chi connectivity index (χ3n) is 7.37. The van der Waals surface area contributed by atoms with Crippen LogP contribution in [-0.2, 0) is 0 Å². The molecule has 6 aromatic rings. The maximum absolute atomic E-state index is 9.69. The second-order valence-electron chi connectivity index (χ2n) is 10.6. The van der Waals surface area contributed by atoms with E-state index in [0.29, 0.717) is 17.0 Å². The molecule has 0 saturated heterocycles. The summed E-state index contributed by atoms with van der Waals surface area (Å²) in [6, 6.07) is 20.5. The van der Waals surface area contributed by atoms with Crippen LogP contribution < -0.4 is 5.32 Å². The molecule has 9 heteroatoms. The quantitative estimate of drug-likeness (QED) is 0.167. The van der Waals surface area contributed by atoms with Crippen LogP contribution in [0.1, 0.15) is 36.8 Å². The molecule has 0 atom stereocenters. The Morgan fingerprint density at radius 2 is 1.29 bits per heavy atom. The molecule has 4 N–H and O–H groups in total. The third-order valence-corrected chi connectivity index (χ3v) is 7.66. The molecule has 1 fully saturated rings. The highest BCUT2D eigenvalue weighted by atomic mass is 35.5. The van der Waals surface area contributed by atoms with Crippen LogP contribution in [0.5, 0.6) is 0 Å². The monoisotopic (exact) mass is 565 g/mol. The molecule has 0 radical (unpaired) electrons. The fourth-order valence-corrected chi connectivity index (χ4v) is 5.43. The number of hydrogen-bond donors (Lipinski definition) is 4. The summed E-state index contributed by atoms with van der Waals surface area (Å²) in [5.41, 5.74) is 5.98. The number of aromatic amines is 2. The normalized spacial score (nSPS) is 16.9. The lowest BCUT2D eigenvalue weighted by atomic mass is 9.93. The molecular formula is C32H32ClN7O. The molecular weight excluding hydrogens is 534 g/mol. The Bertz CT molecular complexity index is 1800. The molecule has 7 rings (SSSR count). The van der Waals surface area contributed by atoms with Crippen LogP contribution in [0.4, 0.5) is 5.82 Å². The van der Waals surface area contributed by atoms with Gasteiger partial charge in [0.15, 0.2) is 11.6 Å². The van der Waals surface area contributed by atoms with Gasteiger partial charge in [0.2, 0.25) is 0 Å².